The van der Waals surface area contributed by atoms with Gasteiger partial charge in [-0.2, -0.15) is 0 Å². The molecule has 1 aliphatic carbocycles. The molecule has 1 saturated carbocycles. The molecule has 0 radical (unpaired) electrons. The minimum absolute atomic E-state index is 0.102. The number of nitrogens with zero attached hydrogens (tertiary/aromatic N) is 5. The van der Waals surface area contributed by atoms with E-state index in [1.165, 1.54) is 22.1 Å². The van der Waals surface area contributed by atoms with Gasteiger partial charge in [0.05, 0.1) is 27.7 Å². The second-order valence-electron chi connectivity index (χ2n) is 9.71. The molecule has 5 rings (SSSR count). The van der Waals surface area contributed by atoms with Crippen molar-refractivity contribution in [3.05, 3.63) is 51.5 Å². The summed E-state index contributed by atoms with van der Waals surface area (Å²) in [6.07, 6.45) is 3.09. The van der Waals surface area contributed by atoms with Crippen molar-refractivity contribution >= 4 is 34.0 Å². The molecule has 0 atom stereocenters. The van der Waals surface area contributed by atoms with Gasteiger partial charge in [0.2, 0.25) is 0 Å². The van der Waals surface area contributed by atoms with E-state index in [-0.39, 0.29) is 11.6 Å². The molecule has 1 aliphatic rings. The number of aryl methyl sites for hydroxylation is 1. The summed E-state index contributed by atoms with van der Waals surface area (Å²) < 4.78 is 2.03. The Morgan fingerprint density at radius 2 is 1.72 bits per heavy atom. The number of anilines is 2. The Hall–Kier alpha value is -3.16. The summed E-state index contributed by atoms with van der Waals surface area (Å²) in [6, 6.07) is 5.26. The molecule has 0 spiro atoms. The number of fused-ring (bicyclic) bond motifs is 1. The second-order valence-corrected chi connectivity index (χ2v) is 10.7. The van der Waals surface area contributed by atoms with Crippen LogP contribution in [0.3, 0.4) is 0 Å². The van der Waals surface area contributed by atoms with Crippen LogP contribution in [0.15, 0.2) is 35.4 Å². The van der Waals surface area contributed by atoms with Gasteiger partial charge in [0.25, 0.3) is 0 Å². The number of nitrogens with one attached hydrogen (secondary N) is 1. The predicted molar refractivity (Wildman–Crippen MR) is 135 cm³/mol. The van der Waals surface area contributed by atoms with Crippen molar-refractivity contribution in [1.82, 2.24) is 24.1 Å². The van der Waals surface area contributed by atoms with Gasteiger partial charge < -0.3 is 25.7 Å². The van der Waals surface area contributed by atoms with Crippen LogP contribution in [0.25, 0.3) is 21.7 Å². The van der Waals surface area contributed by atoms with Crippen LogP contribution < -0.4 is 11.0 Å². The summed E-state index contributed by atoms with van der Waals surface area (Å²) in [5.74, 6) is 0.901. The SMILES string of the molecule is Cc1cc(Nc2cc3c(cn2)n(C(O)(O)O)c(=O)n3C2CCCC2)nc(-c2ncc(C(C)(C)O)s2)c1. The van der Waals surface area contributed by atoms with E-state index < -0.39 is 17.4 Å². The van der Waals surface area contributed by atoms with Gasteiger partial charge in [-0.3, -0.25) is 4.57 Å². The lowest BCUT2D eigenvalue weighted by molar-refractivity contribution is -0.374. The fourth-order valence-electron chi connectivity index (χ4n) is 4.64. The van der Waals surface area contributed by atoms with Gasteiger partial charge in [0, 0.05) is 18.3 Å². The van der Waals surface area contributed by atoms with Crippen LogP contribution in [0, 0.1) is 6.92 Å². The van der Waals surface area contributed by atoms with E-state index in [0.29, 0.717) is 32.4 Å². The molecule has 190 valence electrons. The lowest BCUT2D eigenvalue weighted by Crippen LogP contribution is -2.41. The van der Waals surface area contributed by atoms with E-state index in [0.717, 1.165) is 36.1 Å². The number of hydrogen-bond donors (Lipinski definition) is 5. The molecule has 4 aromatic heterocycles. The third-order valence-corrected chi connectivity index (χ3v) is 7.64. The lowest BCUT2D eigenvalue weighted by atomic mass is 10.1. The Balaban J connectivity index is 1.55. The Kier molecular flexibility index (Phi) is 5.96. The molecule has 0 unspecified atom stereocenters. The number of aromatic nitrogens is 5. The van der Waals surface area contributed by atoms with Crippen LogP contribution in [-0.2, 0) is 11.7 Å². The van der Waals surface area contributed by atoms with E-state index in [1.54, 1.807) is 26.1 Å². The maximum atomic E-state index is 13.1. The average molecular weight is 513 g/mol. The van der Waals surface area contributed by atoms with Crippen molar-refractivity contribution in [3.63, 3.8) is 0 Å². The van der Waals surface area contributed by atoms with Gasteiger partial charge in [-0.15, -0.1) is 11.3 Å². The third-order valence-electron chi connectivity index (χ3n) is 6.30. The van der Waals surface area contributed by atoms with Gasteiger partial charge in [-0.1, -0.05) is 12.8 Å². The molecule has 4 heterocycles. The predicted octanol–water partition coefficient (Wildman–Crippen LogP) is 2.66. The molecule has 0 aromatic carbocycles. The molecule has 11 nitrogen and oxygen atoms in total. The monoisotopic (exact) mass is 512 g/mol. The van der Waals surface area contributed by atoms with Crippen molar-refractivity contribution in [2.75, 3.05) is 5.32 Å². The highest BCUT2D eigenvalue weighted by molar-refractivity contribution is 7.15. The molecule has 5 N–H and O–H groups in total. The van der Waals surface area contributed by atoms with Crippen LogP contribution in [0.5, 0.6) is 0 Å². The molecular weight excluding hydrogens is 484 g/mol. The summed E-state index contributed by atoms with van der Waals surface area (Å²) in [4.78, 5) is 27.2. The molecule has 0 aliphatic heterocycles. The van der Waals surface area contributed by atoms with E-state index in [9.17, 15) is 25.2 Å². The Bertz CT molecular complexity index is 1490. The first-order chi connectivity index (χ1) is 16.9. The maximum absolute atomic E-state index is 13.1. The smallest absolute Gasteiger partial charge is 0.377 e. The second kappa shape index (κ2) is 8.75. The topological polar surface area (TPSA) is 159 Å². The Morgan fingerprint density at radius 1 is 1.00 bits per heavy atom. The lowest BCUT2D eigenvalue weighted by Gasteiger charge is -2.15. The summed E-state index contributed by atoms with van der Waals surface area (Å²) in [5.41, 5.74) is 0.381. The largest absolute Gasteiger partial charge is 0.385 e. The first kappa shape index (κ1) is 24.5. The highest BCUT2D eigenvalue weighted by Gasteiger charge is 2.32. The number of imidazole rings is 1. The normalized spacial score (nSPS) is 15.2. The first-order valence-electron chi connectivity index (χ1n) is 11.7. The minimum Gasteiger partial charge on any atom is -0.385 e. The highest BCUT2D eigenvalue weighted by atomic mass is 32.1. The summed E-state index contributed by atoms with van der Waals surface area (Å²) >= 11 is 1.36. The highest BCUT2D eigenvalue weighted by Crippen LogP contribution is 2.34. The molecule has 1 fully saturated rings. The molecule has 0 bridgehead atoms. The summed E-state index contributed by atoms with van der Waals surface area (Å²) in [5, 5.41) is 43.6. The molecule has 0 saturated heterocycles. The van der Waals surface area contributed by atoms with E-state index in [1.807, 2.05) is 19.1 Å². The zero-order chi connectivity index (χ0) is 25.8. The van der Waals surface area contributed by atoms with Crippen molar-refractivity contribution in [2.45, 2.75) is 64.2 Å². The summed E-state index contributed by atoms with van der Waals surface area (Å²) in [7, 11) is 0. The van der Waals surface area contributed by atoms with E-state index in [2.05, 4.69) is 20.3 Å². The van der Waals surface area contributed by atoms with Crippen LogP contribution in [0.4, 0.5) is 11.6 Å². The van der Waals surface area contributed by atoms with Gasteiger partial charge in [-0.05, 0) is 51.3 Å². The van der Waals surface area contributed by atoms with Gasteiger partial charge in [0.1, 0.15) is 22.3 Å². The quantitative estimate of drug-likeness (QED) is 0.245. The Morgan fingerprint density at radius 3 is 2.36 bits per heavy atom. The zero-order valence-electron chi connectivity index (χ0n) is 20.1. The van der Waals surface area contributed by atoms with E-state index in [4.69, 9.17) is 0 Å². The molecule has 0 amide bonds. The van der Waals surface area contributed by atoms with E-state index >= 15 is 0 Å². The maximum Gasteiger partial charge on any atom is 0.377 e. The average Bonchev–Trinajstić information content (AvgIpc) is 3.50. The minimum atomic E-state index is -3.35. The van der Waals surface area contributed by atoms with Crippen LogP contribution in [0.1, 0.15) is 56.0 Å². The van der Waals surface area contributed by atoms with Crippen LogP contribution in [-0.4, -0.2) is 44.5 Å². The molecule has 4 aromatic rings. The van der Waals surface area contributed by atoms with Crippen LogP contribution >= 0.6 is 11.3 Å². The number of aliphatic hydroxyl groups is 4. The molecule has 12 heteroatoms. The fourth-order valence-corrected chi connectivity index (χ4v) is 5.52. The zero-order valence-corrected chi connectivity index (χ0v) is 21.0. The molecule has 36 heavy (non-hydrogen) atoms. The number of pyridine rings is 2. The third kappa shape index (κ3) is 4.53. The van der Waals surface area contributed by atoms with Crippen molar-refractivity contribution in [3.8, 4) is 10.7 Å². The molecular formula is C24H28N6O5S. The number of rotatable bonds is 6. The summed E-state index contributed by atoms with van der Waals surface area (Å²) in [6.45, 7) is 5.34. The Labute approximate surface area is 210 Å². The van der Waals surface area contributed by atoms with Crippen molar-refractivity contribution in [2.24, 2.45) is 0 Å². The number of hydrogen-bond acceptors (Lipinski definition) is 10. The van der Waals surface area contributed by atoms with Gasteiger partial charge in [0.15, 0.2) is 0 Å². The van der Waals surface area contributed by atoms with Gasteiger partial charge in [-0.25, -0.2) is 24.3 Å². The van der Waals surface area contributed by atoms with Crippen molar-refractivity contribution in [1.29, 1.82) is 0 Å². The van der Waals surface area contributed by atoms with Crippen molar-refractivity contribution < 1.29 is 20.4 Å². The van der Waals surface area contributed by atoms with Crippen LogP contribution in [0.2, 0.25) is 0 Å². The fraction of sp³-hybridized carbons (Fsp3) is 0.417. The first-order valence-corrected chi connectivity index (χ1v) is 12.5. The standard InChI is InChI=1S/C24H28N6O5S/c1-13-8-15(21-26-12-18(36-21)23(2,3)32)27-20(9-13)28-19-10-16-17(11-25-19)30(24(33,34)35)22(31)29(16)14-6-4-5-7-14/h8-12,14,32-35H,4-7H2,1-3H3,(H,25,27,28). The number of thiazole rings is 1. The van der Waals surface area contributed by atoms with Gasteiger partial charge >= 0.3 is 11.8 Å².